The Morgan fingerprint density at radius 3 is 2.83 bits per heavy atom. The molecule has 4 heteroatoms. The number of hydrogen-bond acceptors (Lipinski definition) is 4. The van der Waals surface area contributed by atoms with Crippen LogP contribution in [-0.2, 0) is 0 Å². The summed E-state index contributed by atoms with van der Waals surface area (Å²) in [7, 11) is 0. The molecule has 1 unspecified atom stereocenters. The molecule has 1 fully saturated rings. The first-order chi connectivity index (χ1) is 8.79. The van der Waals surface area contributed by atoms with E-state index in [0.29, 0.717) is 6.04 Å². The zero-order valence-electron chi connectivity index (χ0n) is 11.4. The quantitative estimate of drug-likeness (QED) is 0.796. The molecule has 0 aliphatic heterocycles. The molecule has 0 amide bonds. The summed E-state index contributed by atoms with van der Waals surface area (Å²) in [5.74, 6) is 2.05. The Kier molecular flexibility index (Phi) is 5.99. The van der Waals surface area contributed by atoms with E-state index in [9.17, 15) is 0 Å². The molecule has 1 aliphatic rings. The molecular weight excluding hydrogens is 260 g/mol. The van der Waals surface area contributed by atoms with Crippen LogP contribution in [0.4, 0.5) is 0 Å². The number of aryl methyl sites for hydroxylation is 1. The molecule has 1 aromatic rings. The van der Waals surface area contributed by atoms with E-state index in [-0.39, 0.29) is 0 Å². The summed E-state index contributed by atoms with van der Waals surface area (Å²) in [6, 6.07) is 0.671. The van der Waals surface area contributed by atoms with Gasteiger partial charge in [-0.1, -0.05) is 37.9 Å². The molecule has 2 nitrogen and oxygen atoms in total. The smallest absolute Gasteiger partial charge is 0.150 e. The molecule has 18 heavy (non-hydrogen) atoms. The Morgan fingerprint density at radius 2 is 2.22 bits per heavy atom. The first kappa shape index (κ1) is 14.4. The Hall–Kier alpha value is -0.0600. The lowest BCUT2D eigenvalue weighted by Crippen LogP contribution is -2.39. The molecule has 0 radical (unpaired) electrons. The Bertz CT molecular complexity index is 345. The number of hydrogen-bond donors (Lipinski definition) is 1. The van der Waals surface area contributed by atoms with Crippen LogP contribution in [0.15, 0.2) is 9.72 Å². The molecule has 1 saturated carbocycles. The molecule has 0 spiro atoms. The van der Waals surface area contributed by atoms with Gasteiger partial charge >= 0.3 is 0 Å². The van der Waals surface area contributed by atoms with Crippen molar-refractivity contribution in [2.24, 2.45) is 5.92 Å². The summed E-state index contributed by atoms with van der Waals surface area (Å²) in [5, 5.41) is 5.83. The fourth-order valence-electron chi connectivity index (χ4n) is 2.72. The fraction of sp³-hybridized carbons (Fsp3) is 0.786. The summed E-state index contributed by atoms with van der Waals surface area (Å²) in [5.41, 5.74) is 1.15. The normalized spacial score (nSPS) is 19.0. The minimum Gasteiger partial charge on any atom is -0.313 e. The predicted octanol–water partition coefficient (Wildman–Crippen LogP) is 4.10. The van der Waals surface area contributed by atoms with Crippen LogP contribution in [0.5, 0.6) is 0 Å². The van der Waals surface area contributed by atoms with Crippen molar-refractivity contribution < 1.29 is 0 Å². The van der Waals surface area contributed by atoms with Crippen LogP contribution in [0.3, 0.4) is 0 Å². The highest BCUT2D eigenvalue weighted by Crippen LogP contribution is 2.30. The molecule has 1 atom stereocenters. The molecule has 0 aromatic carbocycles. The van der Waals surface area contributed by atoms with E-state index in [1.807, 2.05) is 11.8 Å². The summed E-state index contributed by atoms with van der Waals surface area (Å²) < 4.78 is 1.23. The maximum atomic E-state index is 4.54. The average molecular weight is 284 g/mol. The van der Waals surface area contributed by atoms with Crippen LogP contribution in [0.25, 0.3) is 0 Å². The SMILES string of the molecule is CCNC(CSc1nc(C)cs1)C1CCCCC1. The van der Waals surface area contributed by atoms with Gasteiger partial charge in [0.1, 0.15) is 4.34 Å². The van der Waals surface area contributed by atoms with E-state index in [1.54, 1.807) is 11.3 Å². The number of aromatic nitrogens is 1. The van der Waals surface area contributed by atoms with Gasteiger partial charge in [0.05, 0.1) is 0 Å². The Labute approximate surface area is 119 Å². The van der Waals surface area contributed by atoms with E-state index in [4.69, 9.17) is 0 Å². The summed E-state index contributed by atoms with van der Waals surface area (Å²) >= 11 is 3.71. The van der Waals surface area contributed by atoms with Gasteiger partial charge in [-0.05, 0) is 32.2 Å². The maximum absolute atomic E-state index is 4.54. The van der Waals surface area contributed by atoms with E-state index < -0.39 is 0 Å². The van der Waals surface area contributed by atoms with Crippen LogP contribution >= 0.6 is 23.1 Å². The Balaban J connectivity index is 1.85. The van der Waals surface area contributed by atoms with Crippen molar-refractivity contribution in [3.05, 3.63) is 11.1 Å². The fourth-order valence-corrected chi connectivity index (χ4v) is 4.78. The van der Waals surface area contributed by atoms with E-state index in [2.05, 4.69) is 29.5 Å². The van der Waals surface area contributed by atoms with Crippen molar-refractivity contribution >= 4 is 23.1 Å². The molecule has 1 N–H and O–H groups in total. The monoisotopic (exact) mass is 284 g/mol. The lowest BCUT2D eigenvalue weighted by atomic mass is 9.84. The van der Waals surface area contributed by atoms with Crippen molar-refractivity contribution in [1.82, 2.24) is 10.3 Å². The minimum atomic E-state index is 0.671. The van der Waals surface area contributed by atoms with Gasteiger partial charge in [-0.2, -0.15) is 0 Å². The first-order valence-electron chi connectivity index (χ1n) is 7.08. The molecule has 1 aromatic heterocycles. The maximum Gasteiger partial charge on any atom is 0.150 e. The molecule has 1 heterocycles. The minimum absolute atomic E-state index is 0.671. The summed E-state index contributed by atoms with van der Waals surface area (Å²) in [6.07, 6.45) is 7.11. The molecule has 0 saturated heterocycles. The van der Waals surface area contributed by atoms with Crippen molar-refractivity contribution in [3.8, 4) is 0 Å². The van der Waals surface area contributed by atoms with Gasteiger partial charge in [-0.15, -0.1) is 11.3 Å². The highest BCUT2D eigenvalue weighted by Gasteiger charge is 2.23. The number of rotatable bonds is 6. The van der Waals surface area contributed by atoms with Gasteiger partial charge in [-0.25, -0.2) is 4.98 Å². The third kappa shape index (κ3) is 4.25. The van der Waals surface area contributed by atoms with E-state index in [1.165, 1.54) is 42.2 Å². The zero-order valence-corrected chi connectivity index (χ0v) is 13.1. The second kappa shape index (κ2) is 7.51. The van der Waals surface area contributed by atoms with E-state index >= 15 is 0 Å². The van der Waals surface area contributed by atoms with Gasteiger partial charge in [-0.3, -0.25) is 0 Å². The van der Waals surface area contributed by atoms with Crippen LogP contribution in [0.2, 0.25) is 0 Å². The lowest BCUT2D eigenvalue weighted by molar-refractivity contribution is 0.288. The molecular formula is C14H24N2S2. The van der Waals surface area contributed by atoms with Crippen molar-refractivity contribution in [2.45, 2.75) is 56.3 Å². The summed E-state index contributed by atoms with van der Waals surface area (Å²) in [4.78, 5) is 4.54. The van der Waals surface area contributed by atoms with Crippen LogP contribution in [0, 0.1) is 12.8 Å². The molecule has 1 aliphatic carbocycles. The Morgan fingerprint density at radius 1 is 1.44 bits per heavy atom. The van der Waals surface area contributed by atoms with Crippen molar-refractivity contribution in [2.75, 3.05) is 12.3 Å². The number of thiazole rings is 1. The van der Waals surface area contributed by atoms with Crippen molar-refractivity contribution in [1.29, 1.82) is 0 Å². The molecule has 0 bridgehead atoms. The molecule has 2 rings (SSSR count). The summed E-state index contributed by atoms with van der Waals surface area (Å²) in [6.45, 7) is 5.37. The number of nitrogens with zero attached hydrogens (tertiary/aromatic N) is 1. The van der Waals surface area contributed by atoms with Crippen LogP contribution < -0.4 is 5.32 Å². The highest BCUT2D eigenvalue weighted by molar-refractivity contribution is 8.01. The average Bonchev–Trinajstić information content (AvgIpc) is 2.81. The second-order valence-corrected chi connectivity index (χ2v) is 7.25. The zero-order chi connectivity index (χ0) is 12.8. The predicted molar refractivity (Wildman–Crippen MR) is 81.6 cm³/mol. The van der Waals surface area contributed by atoms with Gasteiger partial charge in [0.25, 0.3) is 0 Å². The van der Waals surface area contributed by atoms with Crippen LogP contribution in [-0.4, -0.2) is 23.3 Å². The largest absolute Gasteiger partial charge is 0.313 e. The van der Waals surface area contributed by atoms with Gasteiger partial charge in [0, 0.05) is 22.9 Å². The van der Waals surface area contributed by atoms with Gasteiger partial charge < -0.3 is 5.32 Å². The van der Waals surface area contributed by atoms with E-state index in [0.717, 1.165) is 18.2 Å². The van der Waals surface area contributed by atoms with Gasteiger partial charge in [0.2, 0.25) is 0 Å². The topological polar surface area (TPSA) is 24.9 Å². The van der Waals surface area contributed by atoms with Crippen LogP contribution in [0.1, 0.15) is 44.7 Å². The third-order valence-electron chi connectivity index (χ3n) is 3.67. The standard InChI is InChI=1S/C14H24N2S2/c1-3-15-13(12-7-5-4-6-8-12)10-18-14-16-11(2)9-17-14/h9,12-13,15H,3-8,10H2,1-2H3. The third-order valence-corrected chi connectivity index (χ3v) is 5.93. The lowest BCUT2D eigenvalue weighted by Gasteiger charge is -2.30. The van der Waals surface area contributed by atoms with Gasteiger partial charge in [0.15, 0.2) is 0 Å². The number of nitrogens with one attached hydrogen (secondary N) is 1. The second-order valence-electron chi connectivity index (χ2n) is 5.13. The highest BCUT2D eigenvalue weighted by atomic mass is 32.2. The number of thioether (sulfide) groups is 1. The van der Waals surface area contributed by atoms with Crippen molar-refractivity contribution in [3.63, 3.8) is 0 Å². The first-order valence-corrected chi connectivity index (χ1v) is 8.94. The molecule has 102 valence electrons.